The molecule has 0 heterocycles. The summed E-state index contributed by atoms with van der Waals surface area (Å²) < 4.78 is 5.17. The van der Waals surface area contributed by atoms with Gasteiger partial charge in [-0.25, -0.2) is 0 Å². The van der Waals surface area contributed by atoms with Crippen LogP contribution in [0.25, 0.3) is 0 Å². The van der Waals surface area contributed by atoms with Crippen molar-refractivity contribution in [3.05, 3.63) is 29.8 Å². The van der Waals surface area contributed by atoms with Gasteiger partial charge in [-0.15, -0.1) is 0 Å². The Morgan fingerprint density at radius 1 is 1.28 bits per heavy atom. The lowest BCUT2D eigenvalue weighted by Gasteiger charge is -2.20. The van der Waals surface area contributed by atoms with E-state index in [0.29, 0.717) is 6.04 Å². The van der Waals surface area contributed by atoms with Gasteiger partial charge >= 0.3 is 0 Å². The molecule has 1 N–H and O–H groups in total. The molecule has 2 rings (SSSR count). The second-order valence-corrected chi connectivity index (χ2v) is 6.28. The highest BCUT2D eigenvalue weighted by atomic mass is 32.2. The molecule has 0 bridgehead atoms. The van der Waals surface area contributed by atoms with E-state index in [1.54, 1.807) is 7.11 Å². The zero-order valence-corrected chi connectivity index (χ0v) is 12.1. The molecule has 2 unspecified atom stereocenters. The van der Waals surface area contributed by atoms with E-state index in [2.05, 4.69) is 36.1 Å². The molecule has 1 aliphatic rings. The molecule has 1 aromatic carbocycles. The molecule has 0 aliphatic heterocycles. The predicted octanol–water partition coefficient (Wildman–Crippen LogP) is 3.46. The van der Waals surface area contributed by atoms with Gasteiger partial charge in [0.15, 0.2) is 0 Å². The Labute approximate surface area is 114 Å². The SMILES string of the molecule is CCSC1CCCC1NCc1ccc(OC)cc1. The lowest BCUT2D eigenvalue weighted by atomic mass is 10.2. The molecule has 100 valence electrons. The van der Waals surface area contributed by atoms with Crippen LogP contribution in [0.15, 0.2) is 24.3 Å². The standard InChI is InChI=1S/C15H23NOS/c1-3-18-15-6-4-5-14(15)16-11-12-7-9-13(17-2)10-8-12/h7-10,14-16H,3-6,11H2,1-2H3. The van der Waals surface area contributed by atoms with E-state index in [-0.39, 0.29) is 0 Å². The van der Waals surface area contributed by atoms with Crippen LogP contribution in [0.3, 0.4) is 0 Å². The number of hydrogen-bond acceptors (Lipinski definition) is 3. The van der Waals surface area contributed by atoms with Gasteiger partial charge in [0.05, 0.1) is 7.11 Å². The van der Waals surface area contributed by atoms with Crippen LogP contribution in [-0.4, -0.2) is 24.2 Å². The summed E-state index contributed by atoms with van der Waals surface area (Å²) in [5.74, 6) is 2.16. The molecular formula is C15H23NOS. The van der Waals surface area contributed by atoms with E-state index in [9.17, 15) is 0 Å². The quantitative estimate of drug-likeness (QED) is 0.851. The number of rotatable bonds is 6. The Balaban J connectivity index is 1.82. The van der Waals surface area contributed by atoms with E-state index in [1.807, 2.05) is 12.1 Å². The van der Waals surface area contributed by atoms with Crippen LogP contribution in [0.5, 0.6) is 5.75 Å². The molecule has 0 saturated heterocycles. The first-order valence-electron chi connectivity index (χ1n) is 6.81. The first kappa shape index (κ1) is 13.8. The molecule has 18 heavy (non-hydrogen) atoms. The van der Waals surface area contributed by atoms with Crippen LogP contribution >= 0.6 is 11.8 Å². The molecule has 0 amide bonds. The minimum atomic E-state index is 0.692. The molecular weight excluding hydrogens is 242 g/mol. The number of nitrogens with one attached hydrogen (secondary N) is 1. The van der Waals surface area contributed by atoms with Gasteiger partial charge in [0.25, 0.3) is 0 Å². The topological polar surface area (TPSA) is 21.3 Å². The summed E-state index contributed by atoms with van der Waals surface area (Å²) in [7, 11) is 1.71. The maximum Gasteiger partial charge on any atom is 0.118 e. The van der Waals surface area contributed by atoms with Crippen molar-refractivity contribution in [2.45, 2.75) is 44.0 Å². The van der Waals surface area contributed by atoms with Gasteiger partial charge in [-0.2, -0.15) is 11.8 Å². The Hall–Kier alpha value is -0.670. The van der Waals surface area contributed by atoms with Crippen molar-refractivity contribution in [3.8, 4) is 5.75 Å². The first-order valence-corrected chi connectivity index (χ1v) is 7.86. The van der Waals surface area contributed by atoms with Gasteiger partial charge in [0.2, 0.25) is 0 Å². The highest BCUT2D eigenvalue weighted by molar-refractivity contribution is 7.99. The van der Waals surface area contributed by atoms with E-state index in [0.717, 1.165) is 17.5 Å². The molecule has 2 atom stereocenters. The van der Waals surface area contributed by atoms with Crippen LogP contribution in [0.1, 0.15) is 31.7 Å². The van der Waals surface area contributed by atoms with Crippen LogP contribution in [0.4, 0.5) is 0 Å². The number of thioether (sulfide) groups is 1. The zero-order chi connectivity index (χ0) is 12.8. The summed E-state index contributed by atoms with van der Waals surface area (Å²) in [6.07, 6.45) is 4.07. The summed E-state index contributed by atoms with van der Waals surface area (Å²) in [5.41, 5.74) is 1.34. The van der Waals surface area contributed by atoms with Gasteiger partial charge in [-0.1, -0.05) is 25.5 Å². The first-order chi connectivity index (χ1) is 8.83. The lowest BCUT2D eigenvalue weighted by Crippen LogP contribution is -2.33. The molecule has 1 saturated carbocycles. The Morgan fingerprint density at radius 2 is 2.06 bits per heavy atom. The molecule has 0 aromatic heterocycles. The van der Waals surface area contributed by atoms with Crippen LogP contribution < -0.4 is 10.1 Å². The van der Waals surface area contributed by atoms with E-state index < -0.39 is 0 Å². The monoisotopic (exact) mass is 265 g/mol. The largest absolute Gasteiger partial charge is 0.497 e. The van der Waals surface area contributed by atoms with Gasteiger partial charge in [0.1, 0.15) is 5.75 Å². The number of methoxy groups -OCH3 is 1. The molecule has 1 aromatic rings. The summed E-state index contributed by atoms with van der Waals surface area (Å²) >= 11 is 2.11. The van der Waals surface area contributed by atoms with Crippen molar-refractivity contribution >= 4 is 11.8 Å². The van der Waals surface area contributed by atoms with E-state index >= 15 is 0 Å². The third-order valence-electron chi connectivity index (χ3n) is 3.56. The van der Waals surface area contributed by atoms with Crippen molar-refractivity contribution in [2.24, 2.45) is 0 Å². The van der Waals surface area contributed by atoms with Crippen molar-refractivity contribution in [1.29, 1.82) is 0 Å². The lowest BCUT2D eigenvalue weighted by molar-refractivity contribution is 0.414. The van der Waals surface area contributed by atoms with Crippen molar-refractivity contribution < 1.29 is 4.74 Å². The third-order valence-corrected chi connectivity index (χ3v) is 4.89. The maximum atomic E-state index is 5.17. The third kappa shape index (κ3) is 3.66. The fraction of sp³-hybridized carbons (Fsp3) is 0.600. The molecule has 3 heteroatoms. The van der Waals surface area contributed by atoms with Crippen molar-refractivity contribution in [3.63, 3.8) is 0 Å². The van der Waals surface area contributed by atoms with Gasteiger partial charge in [0, 0.05) is 17.8 Å². The van der Waals surface area contributed by atoms with Crippen LogP contribution in [0.2, 0.25) is 0 Å². The fourth-order valence-corrected chi connectivity index (χ4v) is 3.79. The fourth-order valence-electron chi connectivity index (χ4n) is 2.57. The van der Waals surface area contributed by atoms with Gasteiger partial charge < -0.3 is 10.1 Å². The summed E-state index contributed by atoms with van der Waals surface area (Å²) in [4.78, 5) is 0. The minimum absolute atomic E-state index is 0.692. The molecule has 2 nitrogen and oxygen atoms in total. The molecule has 1 fully saturated rings. The molecule has 1 aliphatic carbocycles. The summed E-state index contributed by atoms with van der Waals surface area (Å²) in [6.45, 7) is 3.22. The zero-order valence-electron chi connectivity index (χ0n) is 11.3. The normalized spacial score (nSPS) is 23.2. The number of hydrogen-bond donors (Lipinski definition) is 1. The second-order valence-electron chi connectivity index (χ2n) is 4.76. The average Bonchev–Trinajstić information content (AvgIpc) is 2.85. The van der Waals surface area contributed by atoms with Gasteiger partial charge in [-0.05, 0) is 36.3 Å². The highest BCUT2D eigenvalue weighted by Gasteiger charge is 2.26. The van der Waals surface area contributed by atoms with Crippen molar-refractivity contribution in [1.82, 2.24) is 5.32 Å². The predicted molar refractivity (Wildman–Crippen MR) is 79.4 cm³/mol. The minimum Gasteiger partial charge on any atom is -0.497 e. The average molecular weight is 265 g/mol. The number of ether oxygens (including phenoxy) is 1. The Morgan fingerprint density at radius 3 is 2.72 bits per heavy atom. The molecule has 0 radical (unpaired) electrons. The van der Waals surface area contributed by atoms with E-state index in [4.69, 9.17) is 4.74 Å². The maximum absolute atomic E-state index is 5.17. The van der Waals surface area contributed by atoms with E-state index in [1.165, 1.54) is 30.6 Å². The smallest absolute Gasteiger partial charge is 0.118 e. The Bertz CT molecular complexity index is 352. The Kier molecular flexibility index (Phi) is 5.39. The van der Waals surface area contributed by atoms with Crippen molar-refractivity contribution in [2.75, 3.05) is 12.9 Å². The number of benzene rings is 1. The van der Waals surface area contributed by atoms with Gasteiger partial charge in [-0.3, -0.25) is 0 Å². The van der Waals surface area contributed by atoms with Crippen LogP contribution in [-0.2, 0) is 6.54 Å². The van der Waals surface area contributed by atoms with Crippen LogP contribution in [0, 0.1) is 0 Å². The highest BCUT2D eigenvalue weighted by Crippen LogP contribution is 2.30. The summed E-state index contributed by atoms with van der Waals surface area (Å²) in [5, 5.41) is 4.52. The second kappa shape index (κ2) is 7.05. The molecule has 0 spiro atoms. The summed E-state index contributed by atoms with van der Waals surface area (Å²) in [6, 6.07) is 9.04.